The Labute approximate surface area is 109 Å². The van der Waals surface area contributed by atoms with E-state index in [0.717, 1.165) is 12.1 Å². The zero-order chi connectivity index (χ0) is 12.4. The van der Waals surface area contributed by atoms with Crippen molar-refractivity contribution in [2.75, 3.05) is 0 Å². The predicted octanol–water partition coefficient (Wildman–Crippen LogP) is 1.74. The van der Waals surface area contributed by atoms with Crippen LogP contribution in [0.3, 0.4) is 0 Å². The number of fused-ring (bicyclic) bond motifs is 1. The Morgan fingerprint density at radius 2 is 2.39 bits per heavy atom. The summed E-state index contributed by atoms with van der Waals surface area (Å²) in [7, 11) is 0. The third kappa shape index (κ3) is 2.26. The van der Waals surface area contributed by atoms with Gasteiger partial charge in [-0.2, -0.15) is 0 Å². The molecule has 2 aromatic rings. The van der Waals surface area contributed by atoms with E-state index in [9.17, 15) is 4.79 Å². The second-order valence-electron chi connectivity index (χ2n) is 4.21. The highest BCUT2D eigenvalue weighted by atomic mass is 32.2. The van der Waals surface area contributed by atoms with Gasteiger partial charge in [-0.3, -0.25) is 4.79 Å². The quantitative estimate of drug-likeness (QED) is 0.882. The molecule has 1 atom stereocenters. The molecule has 4 nitrogen and oxygen atoms in total. The van der Waals surface area contributed by atoms with Crippen molar-refractivity contribution >= 4 is 17.7 Å². The highest BCUT2D eigenvalue weighted by Gasteiger charge is 2.27. The SMILES string of the molecule is O=C(NCc1cnc[nH]1)C1Cc2ccccc2S1. The molecular weight excluding hydrogens is 246 g/mol. The standard InChI is InChI=1S/C13H13N3OS/c17-13(15-7-10-6-14-8-16-10)12-5-9-3-1-2-4-11(9)18-12/h1-4,6,8,12H,5,7H2,(H,14,16)(H,15,17). The Hall–Kier alpha value is -1.75. The minimum Gasteiger partial charge on any atom is -0.349 e. The summed E-state index contributed by atoms with van der Waals surface area (Å²) in [5.74, 6) is 0.0887. The first-order valence-corrected chi connectivity index (χ1v) is 6.70. The molecule has 0 aliphatic carbocycles. The van der Waals surface area contributed by atoms with E-state index in [1.54, 1.807) is 24.3 Å². The predicted molar refractivity (Wildman–Crippen MR) is 70.2 cm³/mol. The lowest BCUT2D eigenvalue weighted by Gasteiger charge is -2.08. The summed E-state index contributed by atoms with van der Waals surface area (Å²) in [6, 6.07) is 8.19. The number of aromatic nitrogens is 2. The van der Waals surface area contributed by atoms with Crippen LogP contribution >= 0.6 is 11.8 Å². The third-order valence-corrected chi connectivity index (χ3v) is 4.26. The molecule has 0 radical (unpaired) electrons. The molecule has 5 heteroatoms. The average Bonchev–Trinajstić information content (AvgIpc) is 3.04. The molecule has 1 aromatic carbocycles. The van der Waals surface area contributed by atoms with E-state index in [1.165, 1.54) is 10.5 Å². The van der Waals surface area contributed by atoms with E-state index in [0.29, 0.717) is 6.54 Å². The molecule has 92 valence electrons. The summed E-state index contributed by atoms with van der Waals surface area (Å²) >= 11 is 1.64. The van der Waals surface area contributed by atoms with Crippen molar-refractivity contribution in [2.45, 2.75) is 23.1 Å². The molecule has 0 saturated carbocycles. The molecule has 1 amide bonds. The summed E-state index contributed by atoms with van der Waals surface area (Å²) in [4.78, 5) is 20.1. The van der Waals surface area contributed by atoms with Crippen LogP contribution in [-0.2, 0) is 17.8 Å². The van der Waals surface area contributed by atoms with Crippen molar-refractivity contribution in [2.24, 2.45) is 0 Å². The van der Waals surface area contributed by atoms with Gasteiger partial charge in [-0.15, -0.1) is 11.8 Å². The summed E-state index contributed by atoms with van der Waals surface area (Å²) in [5.41, 5.74) is 2.19. The third-order valence-electron chi connectivity index (χ3n) is 2.95. The molecule has 0 saturated heterocycles. The monoisotopic (exact) mass is 259 g/mol. The number of imidazole rings is 1. The highest BCUT2D eigenvalue weighted by Crippen LogP contribution is 2.36. The second kappa shape index (κ2) is 4.86. The highest BCUT2D eigenvalue weighted by molar-refractivity contribution is 8.01. The van der Waals surface area contributed by atoms with Crippen LogP contribution in [-0.4, -0.2) is 21.1 Å². The van der Waals surface area contributed by atoms with E-state index < -0.39 is 0 Å². The van der Waals surface area contributed by atoms with Crippen molar-refractivity contribution in [1.82, 2.24) is 15.3 Å². The molecule has 18 heavy (non-hydrogen) atoms. The summed E-state index contributed by atoms with van der Waals surface area (Å²) in [6.07, 6.45) is 4.15. The van der Waals surface area contributed by atoms with E-state index in [1.807, 2.05) is 12.1 Å². The Kier molecular flexibility index (Phi) is 3.06. The molecule has 0 fully saturated rings. The Morgan fingerprint density at radius 1 is 1.50 bits per heavy atom. The first-order chi connectivity index (χ1) is 8.83. The largest absolute Gasteiger partial charge is 0.349 e. The van der Waals surface area contributed by atoms with E-state index >= 15 is 0 Å². The number of thioether (sulfide) groups is 1. The van der Waals surface area contributed by atoms with Crippen LogP contribution in [0.15, 0.2) is 41.7 Å². The maximum atomic E-state index is 12.0. The number of carbonyl (C=O) groups is 1. The lowest BCUT2D eigenvalue weighted by atomic mass is 10.1. The molecule has 1 unspecified atom stereocenters. The van der Waals surface area contributed by atoms with Gasteiger partial charge in [0.2, 0.25) is 5.91 Å². The summed E-state index contributed by atoms with van der Waals surface area (Å²) in [5, 5.41) is 2.92. The molecule has 2 heterocycles. The number of nitrogens with zero attached hydrogens (tertiary/aromatic N) is 1. The molecule has 0 bridgehead atoms. The van der Waals surface area contributed by atoms with Crippen molar-refractivity contribution in [1.29, 1.82) is 0 Å². The summed E-state index contributed by atoms with van der Waals surface area (Å²) < 4.78 is 0. The van der Waals surface area contributed by atoms with Crippen LogP contribution in [0, 0.1) is 0 Å². The minimum absolute atomic E-state index is 0.00896. The number of hydrogen-bond acceptors (Lipinski definition) is 3. The van der Waals surface area contributed by atoms with E-state index in [4.69, 9.17) is 0 Å². The molecule has 1 aliphatic rings. The lowest BCUT2D eigenvalue weighted by molar-refractivity contribution is -0.120. The topological polar surface area (TPSA) is 57.8 Å². The molecule has 2 N–H and O–H groups in total. The number of carbonyl (C=O) groups excluding carboxylic acids is 1. The van der Waals surface area contributed by atoms with Gasteiger partial charge in [-0.05, 0) is 18.1 Å². The van der Waals surface area contributed by atoms with E-state index in [2.05, 4.69) is 27.4 Å². The van der Waals surface area contributed by atoms with Gasteiger partial charge < -0.3 is 10.3 Å². The van der Waals surface area contributed by atoms with Crippen molar-refractivity contribution in [3.05, 3.63) is 48.0 Å². The van der Waals surface area contributed by atoms with Gasteiger partial charge in [0.05, 0.1) is 23.8 Å². The van der Waals surface area contributed by atoms with Crippen molar-refractivity contribution in [3.63, 3.8) is 0 Å². The molecule has 0 spiro atoms. The molecule has 3 rings (SSSR count). The number of nitrogens with one attached hydrogen (secondary N) is 2. The van der Waals surface area contributed by atoms with Crippen LogP contribution in [0.1, 0.15) is 11.3 Å². The first kappa shape index (κ1) is 11.3. The fourth-order valence-electron chi connectivity index (χ4n) is 2.01. The normalized spacial score (nSPS) is 17.4. The zero-order valence-corrected chi connectivity index (χ0v) is 10.5. The number of H-pyrrole nitrogens is 1. The zero-order valence-electron chi connectivity index (χ0n) is 9.72. The maximum absolute atomic E-state index is 12.0. The fourth-order valence-corrected chi connectivity index (χ4v) is 3.23. The number of amides is 1. The van der Waals surface area contributed by atoms with Crippen LogP contribution in [0.25, 0.3) is 0 Å². The molecular formula is C13H13N3OS. The van der Waals surface area contributed by atoms with Crippen LogP contribution in [0.5, 0.6) is 0 Å². The Morgan fingerprint density at radius 3 is 3.17 bits per heavy atom. The van der Waals surface area contributed by atoms with E-state index in [-0.39, 0.29) is 11.2 Å². The van der Waals surface area contributed by atoms with Gasteiger partial charge >= 0.3 is 0 Å². The number of benzene rings is 1. The van der Waals surface area contributed by atoms with Crippen LogP contribution in [0.4, 0.5) is 0 Å². The van der Waals surface area contributed by atoms with Crippen molar-refractivity contribution < 1.29 is 4.79 Å². The number of rotatable bonds is 3. The maximum Gasteiger partial charge on any atom is 0.234 e. The van der Waals surface area contributed by atoms with Gasteiger partial charge in [0.25, 0.3) is 0 Å². The number of hydrogen-bond donors (Lipinski definition) is 2. The van der Waals surface area contributed by atoms with Crippen molar-refractivity contribution in [3.8, 4) is 0 Å². The Bertz CT molecular complexity index is 528. The molecule has 1 aromatic heterocycles. The molecule has 1 aliphatic heterocycles. The minimum atomic E-state index is -0.00896. The van der Waals surface area contributed by atoms with Crippen LogP contribution in [0.2, 0.25) is 0 Å². The smallest absolute Gasteiger partial charge is 0.234 e. The average molecular weight is 259 g/mol. The first-order valence-electron chi connectivity index (χ1n) is 5.82. The number of aromatic amines is 1. The fraction of sp³-hybridized carbons (Fsp3) is 0.231. The van der Waals surface area contributed by atoms with Gasteiger partial charge in [-0.1, -0.05) is 18.2 Å². The van der Waals surface area contributed by atoms with Crippen LogP contribution < -0.4 is 5.32 Å². The Balaban J connectivity index is 1.59. The second-order valence-corrected chi connectivity index (χ2v) is 5.46. The van der Waals surface area contributed by atoms with Gasteiger partial charge in [0.15, 0.2) is 0 Å². The van der Waals surface area contributed by atoms with Gasteiger partial charge in [0, 0.05) is 11.1 Å². The lowest BCUT2D eigenvalue weighted by Crippen LogP contribution is -2.32. The van der Waals surface area contributed by atoms with Gasteiger partial charge in [0.1, 0.15) is 0 Å². The van der Waals surface area contributed by atoms with Gasteiger partial charge in [-0.25, -0.2) is 4.98 Å². The summed E-state index contributed by atoms with van der Waals surface area (Å²) in [6.45, 7) is 0.506.